The summed E-state index contributed by atoms with van der Waals surface area (Å²) in [5.74, 6) is 0.257. The third-order valence-electron chi connectivity index (χ3n) is 3.96. The van der Waals surface area contributed by atoms with Gasteiger partial charge in [0.05, 0.1) is 37.8 Å². The number of nitrogens with one attached hydrogen (secondary N) is 1. The summed E-state index contributed by atoms with van der Waals surface area (Å²) < 4.78 is 23.3. The first-order valence-electron chi connectivity index (χ1n) is 9.18. The molecule has 0 unspecified atom stereocenters. The van der Waals surface area contributed by atoms with Crippen molar-refractivity contribution < 1.29 is 13.6 Å². The summed E-state index contributed by atoms with van der Waals surface area (Å²) in [5.41, 5.74) is 14.6. The van der Waals surface area contributed by atoms with E-state index < -0.39 is 7.60 Å². The molecular formula is C18H24N7O3P. The molecule has 1 aromatic carbocycles. The third kappa shape index (κ3) is 5.38. The third-order valence-corrected chi connectivity index (χ3v) is 6.01. The molecule has 0 spiro atoms. The first kappa shape index (κ1) is 20.9. The lowest BCUT2D eigenvalue weighted by Crippen LogP contribution is -2.07. The van der Waals surface area contributed by atoms with Crippen LogP contribution < -0.4 is 16.8 Å². The Labute approximate surface area is 168 Å². The summed E-state index contributed by atoms with van der Waals surface area (Å²) in [7, 11) is -3.12. The second kappa shape index (κ2) is 9.13. The summed E-state index contributed by atoms with van der Waals surface area (Å²) in [4.78, 5) is 16.6. The summed E-state index contributed by atoms with van der Waals surface area (Å²) in [6.07, 6.45) is 1.84. The van der Waals surface area contributed by atoms with Crippen LogP contribution in [0.2, 0.25) is 0 Å². The van der Waals surface area contributed by atoms with Gasteiger partial charge in [-0.15, -0.1) is 0 Å². The van der Waals surface area contributed by atoms with Crippen molar-refractivity contribution in [1.82, 2.24) is 19.9 Å². The van der Waals surface area contributed by atoms with Gasteiger partial charge in [0.15, 0.2) is 17.0 Å². The zero-order chi connectivity index (χ0) is 20.9. The van der Waals surface area contributed by atoms with Gasteiger partial charge in [0.25, 0.3) is 0 Å². The molecule has 0 saturated heterocycles. The maximum atomic E-state index is 12.6. The van der Waals surface area contributed by atoms with E-state index in [0.717, 1.165) is 11.3 Å². The predicted molar refractivity (Wildman–Crippen MR) is 112 cm³/mol. The van der Waals surface area contributed by atoms with E-state index in [0.29, 0.717) is 36.6 Å². The average Bonchev–Trinajstić information content (AvgIpc) is 2.68. The van der Waals surface area contributed by atoms with Crippen LogP contribution >= 0.6 is 7.60 Å². The van der Waals surface area contributed by atoms with Crippen LogP contribution in [0.3, 0.4) is 0 Å². The molecule has 29 heavy (non-hydrogen) atoms. The number of nitrogens with zero attached hydrogens (tertiary/aromatic N) is 4. The quantitative estimate of drug-likeness (QED) is 0.443. The first-order valence-corrected chi connectivity index (χ1v) is 10.9. The molecule has 3 aromatic rings. The van der Waals surface area contributed by atoms with Crippen LogP contribution in [0.5, 0.6) is 0 Å². The fourth-order valence-corrected chi connectivity index (χ4v) is 4.44. The minimum atomic E-state index is -3.12. The zero-order valence-electron chi connectivity index (χ0n) is 16.3. The van der Waals surface area contributed by atoms with Crippen molar-refractivity contribution in [3.8, 4) is 0 Å². The summed E-state index contributed by atoms with van der Waals surface area (Å²) >= 11 is 0. The number of anilines is 3. The number of rotatable bonds is 9. The van der Waals surface area contributed by atoms with Gasteiger partial charge in [-0.2, -0.15) is 9.97 Å². The molecule has 2 aromatic heterocycles. The van der Waals surface area contributed by atoms with Crippen molar-refractivity contribution in [3.63, 3.8) is 0 Å². The van der Waals surface area contributed by atoms with E-state index in [1.165, 1.54) is 0 Å². The second-order valence-corrected chi connectivity index (χ2v) is 8.21. The molecule has 0 bridgehead atoms. The monoisotopic (exact) mass is 417 g/mol. The maximum absolute atomic E-state index is 12.6. The number of nitrogens with two attached hydrogens (primary N) is 2. The maximum Gasteiger partial charge on any atom is 0.335 e. The van der Waals surface area contributed by atoms with Crippen LogP contribution in [-0.4, -0.2) is 33.1 Å². The topological polar surface area (TPSA) is 151 Å². The van der Waals surface area contributed by atoms with Crippen LogP contribution in [0, 0.1) is 0 Å². The van der Waals surface area contributed by atoms with Crippen LogP contribution in [0.15, 0.2) is 30.5 Å². The fraction of sp³-hybridized carbons (Fsp3) is 0.333. The number of hydrogen-bond donors (Lipinski definition) is 3. The highest BCUT2D eigenvalue weighted by Crippen LogP contribution is 2.51. The van der Waals surface area contributed by atoms with Gasteiger partial charge < -0.3 is 25.8 Å². The van der Waals surface area contributed by atoms with Gasteiger partial charge in [-0.1, -0.05) is 12.1 Å². The molecule has 0 aliphatic heterocycles. The fourth-order valence-electron chi connectivity index (χ4n) is 2.73. The first-order chi connectivity index (χ1) is 13.9. The molecule has 2 heterocycles. The smallest absolute Gasteiger partial charge is 0.335 e. The average molecular weight is 417 g/mol. The Morgan fingerprint density at radius 1 is 1.03 bits per heavy atom. The predicted octanol–water partition coefficient (Wildman–Crippen LogP) is 2.96. The van der Waals surface area contributed by atoms with Gasteiger partial charge in [0.1, 0.15) is 0 Å². The molecule has 0 aliphatic rings. The lowest BCUT2D eigenvalue weighted by Gasteiger charge is -2.17. The normalized spacial score (nSPS) is 11.7. The molecule has 5 N–H and O–H groups in total. The van der Waals surface area contributed by atoms with Gasteiger partial charge in [0, 0.05) is 5.69 Å². The lowest BCUT2D eigenvalue weighted by atomic mass is 10.2. The van der Waals surface area contributed by atoms with E-state index in [-0.39, 0.29) is 17.9 Å². The SMILES string of the molecule is CCOP(=O)(Cc1ccc(NCc2cnc3nc(N)nc(N)c3n2)cc1)OCC. The standard InChI is InChI=1S/C18H24N7O3P/c1-3-27-29(26,28-4-2)11-12-5-7-13(8-6-12)21-9-14-10-22-17-15(23-14)16(19)24-18(20)25-17/h5-8,10,21H,3-4,9,11H2,1-2H3,(H4,19,20,22,24,25). The van der Waals surface area contributed by atoms with Crippen LogP contribution in [0.1, 0.15) is 25.1 Å². The number of aromatic nitrogens is 4. The number of fused-ring (bicyclic) bond motifs is 1. The van der Waals surface area contributed by atoms with Crippen molar-refractivity contribution in [3.05, 3.63) is 41.7 Å². The van der Waals surface area contributed by atoms with Gasteiger partial charge in [-0.3, -0.25) is 4.57 Å². The van der Waals surface area contributed by atoms with Gasteiger partial charge in [-0.05, 0) is 31.5 Å². The van der Waals surface area contributed by atoms with Gasteiger partial charge in [-0.25, -0.2) is 9.97 Å². The summed E-state index contributed by atoms with van der Waals surface area (Å²) in [6, 6.07) is 7.55. The molecule has 0 radical (unpaired) electrons. The number of benzene rings is 1. The van der Waals surface area contributed by atoms with Crippen LogP contribution in [0.4, 0.5) is 17.5 Å². The Morgan fingerprint density at radius 3 is 2.38 bits per heavy atom. The van der Waals surface area contributed by atoms with E-state index in [2.05, 4.69) is 25.3 Å². The molecular weight excluding hydrogens is 393 g/mol. The molecule has 0 aliphatic carbocycles. The molecule has 3 rings (SSSR count). The molecule has 0 atom stereocenters. The highest BCUT2D eigenvalue weighted by atomic mass is 31.2. The lowest BCUT2D eigenvalue weighted by molar-refractivity contribution is 0.219. The summed E-state index contributed by atoms with van der Waals surface area (Å²) in [6.45, 7) is 4.70. The summed E-state index contributed by atoms with van der Waals surface area (Å²) in [5, 5.41) is 3.26. The van der Waals surface area contributed by atoms with Crippen molar-refractivity contribution in [2.45, 2.75) is 26.6 Å². The van der Waals surface area contributed by atoms with E-state index in [1.54, 1.807) is 20.0 Å². The molecule has 11 heteroatoms. The van der Waals surface area contributed by atoms with E-state index in [1.807, 2.05) is 24.3 Å². The Bertz CT molecular complexity index is 1020. The van der Waals surface area contributed by atoms with Crippen LogP contribution in [0.25, 0.3) is 11.2 Å². The van der Waals surface area contributed by atoms with Crippen molar-refractivity contribution in [2.24, 2.45) is 0 Å². The Morgan fingerprint density at radius 2 is 1.72 bits per heavy atom. The van der Waals surface area contributed by atoms with Crippen molar-refractivity contribution >= 4 is 36.2 Å². The van der Waals surface area contributed by atoms with Crippen LogP contribution in [-0.2, 0) is 26.3 Å². The molecule has 0 saturated carbocycles. The Balaban J connectivity index is 1.66. The Kier molecular flexibility index (Phi) is 6.58. The highest BCUT2D eigenvalue weighted by Gasteiger charge is 2.23. The minimum absolute atomic E-state index is 0.0634. The highest BCUT2D eigenvalue weighted by molar-refractivity contribution is 7.53. The largest absolute Gasteiger partial charge is 0.382 e. The van der Waals surface area contributed by atoms with E-state index >= 15 is 0 Å². The number of nitrogen functional groups attached to an aromatic ring is 2. The molecule has 0 amide bonds. The Hall–Kier alpha value is -2.81. The van der Waals surface area contributed by atoms with E-state index in [9.17, 15) is 4.57 Å². The zero-order valence-corrected chi connectivity index (χ0v) is 17.2. The van der Waals surface area contributed by atoms with E-state index in [4.69, 9.17) is 20.5 Å². The molecule has 154 valence electrons. The molecule has 0 fully saturated rings. The molecule has 10 nitrogen and oxygen atoms in total. The minimum Gasteiger partial charge on any atom is -0.382 e. The van der Waals surface area contributed by atoms with Gasteiger partial charge >= 0.3 is 7.60 Å². The number of hydrogen-bond acceptors (Lipinski definition) is 10. The van der Waals surface area contributed by atoms with Gasteiger partial charge in [0.2, 0.25) is 5.95 Å². The van der Waals surface area contributed by atoms with Crippen molar-refractivity contribution in [2.75, 3.05) is 30.0 Å². The van der Waals surface area contributed by atoms with Crippen molar-refractivity contribution in [1.29, 1.82) is 0 Å². The second-order valence-electron chi connectivity index (χ2n) is 6.16.